The molecule has 0 radical (unpaired) electrons. The van der Waals surface area contributed by atoms with E-state index in [0.717, 1.165) is 23.8 Å². The Labute approximate surface area is 134 Å². The van der Waals surface area contributed by atoms with Crippen LogP contribution in [0.4, 0.5) is 4.79 Å². The number of carbonyl (C=O) groups excluding carboxylic acids is 2. The van der Waals surface area contributed by atoms with Gasteiger partial charge < -0.3 is 21.1 Å². The first-order chi connectivity index (χ1) is 10.6. The molecule has 4 N–H and O–H groups in total. The van der Waals surface area contributed by atoms with Crippen LogP contribution in [0.2, 0.25) is 0 Å². The van der Waals surface area contributed by atoms with Crippen molar-refractivity contribution in [2.75, 3.05) is 19.8 Å². The minimum absolute atomic E-state index is 0.102. The lowest BCUT2D eigenvalue weighted by Crippen LogP contribution is -2.36. The third kappa shape index (κ3) is 6.44. The van der Waals surface area contributed by atoms with E-state index in [0.29, 0.717) is 13.2 Å². The second-order valence-electron chi connectivity index (χ2n) is 5.50. The second kappa shape index (κ2) is 8.75. The van der Waals surface area contributed by atoms with Crippen LogP contribution in [0, 0.1) is 5.92 Å². The van der Waals surface area contributed by atoms with Crippen molar-refractivity contribution in [2.45, 2.75) is 31.7 Å². The Morgan fingerprint density at radius 3 is 2.91 bits per heavy atom. The van der Waals surface area contributed by atoms with Crippen molar-refractivity contribution in [3.8, 4) is 0 Å². The number of nitrogens with one attached hydrogen (secondary N) is 2. The highest BCUT2D eigenvalue weighted by Gasteiger charge is 2.21. The minimum Gasteiger partial charge on any atom is -0.381 e. The highest BCUT2D eigenvalue weighted by molar-refractivity contribution is 7.10. The second-order valence-corrected chi connectivity index (χ2v) is 6.48. The maximum atomic E-state index is 11.9. The summed E-state index contributed by atoms with van der Waals surface area (Å²) >= 11 is 1.49. The van der Waals surface area contributed by atoms with Gasteiger partial charge in [0, 0.05) is 24.6 Å². The fourth-order valence-corrected chi connectivity index (χ4v) is 2.86. The van der Waals surface area contributed by atoms with Crippen LogP contribution in [0.3, 0.4) is 0 Å². The molecule has 1 unspecified atom stereocenters. The van der Waals surface area contributed by atoms with Gasteiger partial charge in [0.2, 0.25) is 5.91 Å². The van der Waals surface area contributed by atoms with E-state index in [2.05, 4.69) is 10.6 Å². The van der Waals surface area contributed by atoms with Crippen LogP contribution in [0.5, 0.6) is 0 Å². The molecule has 0 saturated heterocycles. The van der Waals surface area contributed by atoms with Crippen molar-refractivity contribution in [2.24, 2.45) is 11.7 Å². The molecule has 7 heteroatoms. The SMILES string of the molecule is NC(=O)NC(CC(=O)NCCCOCC1CC1)c1cccs1. The van der Waals surface area contributed by atoms with E-state index in [9.17, 15) is 9.59 Å². The average molecular weight is 325 g/mol. The summed E-state index contributed by atoms with van der Waals surface area (Å²) in [6, 6.07) is 2.76. The van der Waals surface area contributed by atoms with Gasteiger partial charge in [0.05, 0.1) is 12.5 Å². The van der Waals surface area contributed by atoms with E-state index >= 15 is 0 Å². The molecule has 0 spiro atoms. The molecule has 1 heterocycles. The van der Waals surface area contributed by atoms with Gasteiger partial charge in [0.15, 0.2) is 0 Å². The summed E-state index contributed by atoms with van der Waals surface area (Å²) in [6.07, 6.45) is 3.55. The molecule has 22 heavy (non-hydrogen) atoms. The van der Waals surface area contributed by atoms with Gasteiger partial charge >= 0.3 is 6.03 Å². The summed E-state index contributed by atoms with van der Waals surface area (Å²) < 4.78 is 5.51. The van der Waals surface area contributed by atoms with Crippen molar-refractivity contribution in [1.29, 1.82) is 0 Å². The molecule has 0 aliphatic heterocycles. The van der Waals surface area contributed by atoms with Gasteiger partial charge in [0.25, 0.3) is 0 Å². The van der Waals surface area contributed by atoms with Gasteiger partial charge in [-0.2, -0.15) is 0 Å². The number of ether oxygens (including phenoxy) is 1. The first kappa shape index (κ1) is 16.8. The molecule has 1 aliphatic carbocycles. The molecule has 1 aromatic rings. The van der Waals surface area contributed by atoms with Crippen LogP contribution < -0.4 is 16.4 Å². The van der Waals surface area contributed by atoms with E-state index in [1.807, 2.05) is 17.5 Å². The number of hydrogen-bond acceptors (Lipinski definition) is 4. The number of carbonyl (C=O) groups is 2. The third-order valence-corrected chi connectivity index (χ3v) is 4.42. The molecule has 1 aliphatic rings. The summed E-state index contributed by atoms with van der Waals surface area (Å²) in [4.78, 5) is 23.9. The Kier molecular flexibility index (Phi) is 6.67. The summed E-state index contributed by atoms with van der Waals surface area (Å²) in [5, 5.41) is 7.36. The van der Waals surface area contributed by atoms with E-state index in [-0.39, 0.29) is 18.4 Å². The summed E-state index contributed by atoms with van der Waals surface area (Å²) in [7, 11) is 0. The number of rotatable bonds is 10. The van der Waals surface area contributed by atoms with Gasteiger partial charge in [-0.3, -0.25) is 4.79 Å². The standard InChI is InChI=1S/C15H23N3O3S/c16-15(20)18-12(13-3-1-8-22-13)9-14(19)17-6-2-7-21-10-11-4-5-11/h1,3,8,11-12H,2,4-7,9-10H2,(H,17,19)(H3,16,18,20). The van der Waals surface area contributed by atoms with Crippen molar-refractivity contribution in [3.63, 3.8) is 0 Å². The van der Waals surface area contributed by atoms with E-state index < -0.39 is 6.03 Å². The molecule has 1 aromatic heterocycles. The molecule has 0 bridgehead atoms. The number of primary amides is 1. The Bertz CT molecular complexity index is 474. The smallest absolute Gasteiger partial charge is 0.312 e. The zero-order valence-electron chi connectivity index (χ0n) is 12.5. The van der Waals surface area contributed by atoms with Crippen LogP contribution in [0.1, 0.15) is 36.6 Å². The summed E-state index contributed by atoms with van der Waals surface area (Å²) in [6.45, 7) is 2.10. The number of urea groups is 1. The van der Waals surface area contributed by atoms with Gasteiger partial charge in [-0.15, -0.1) is 11.3 Å². The molecular formula is C15H23N3O3S. The zero-order chi connectivity index (χ0) is 15.8. The molecule has 1 saturated carbocycles. The third-order valence-electron chi connectivity index (χ3n) is 3.43. The van der Waals surface area contributed by atoms with Crippen LogP contribution in [-0.2, 0) is 9.53 Å². The maximum absolute atomic E-state index is 11.9. The predicted octanol–water partition coefficient (Wildman–Crippen LogP) is 1.78. The van der Waals surface area contributed by atoms with Crippen LogP contribution >= 0.6 is 11.3 Å². The Balaban J connectivity index is 1.63. The highest BCUT2D eigenvalue weighted by atomic mass is 32.1. The average Bonchev–Trinajstić information content (AvgIpc) is 3.12. The Morgan fingerprint density at radius 2 is 2.27 bits per heavy atom. The van der Waals surface area contributed by atoms with Crippen LogP contribution in [0.25, 0.3) is 0 Å². The molecule has 2 rings (SSSR count). The van der Waals surface area contributed by atoms with Gasteiger partial charge in [-0.05, 0) is 36.6 Å². The summed E-state index contributed by atoms with van der Waals surface area (Å²) in [5.74, 6) is 0.662. The zero-order valence-corrected chi connectivity index (χ0v) is 13.4. The molecular weight excluding hydrogens is 302 g/mol. The monoisotopic (exact) mass is 325 g/mol. The minimum atomic E-state index is -0.625. The van der Waals surface area contributed by atoms with E-state index in [4.69, 9.17) is 10.5 Å². The molecule has 3 amide bonds. The lowest BCUT2D eigenvalue weighted by Gasteiger charge is -2.15. The number of amides is 3. The maximum Gasteiger partial charge on any atom is 0.312 e. The molecule has 6 nitrogen and oxygen atoms in total. The highest BCUT2D eigenvalue weighted by Crippen LogP contribution is 2.28. The number of nitrogens with two attached hydrogens (primary N) is 1. The van der Waals surface area contributed by atoms with Crippen molar-refractivity contribution in [3.05, 3.63) is 22.4 Å². The number of hydrogen-bond donors (Lipinski definition) is 3. The lowest BCUT2D eigenvalue weighted by molar-refractivity contribution is -0.121. The Hall–Kier alpha value is -1.60. The van der Waals surface area contributed by atoms with Crippen LogP contribution in [-0.4, -0.2) is 31.7 Å². The van der Waals surface area contributed by atoms with E-state index in [1.54, 1.807) is 0 Å². The van der Waals surface area contributed by atoms with Gasteiger partial charge in [-0.1, -0.05) is 6.07 Å². The number of thiophene rings is 1. The lowest BCUT2D eigenvalue weighted by atomic mass is 10.1. The normalized spacial score (nSPS) is 15.3. The first-order valence-corrected chi connectivity index (χ1v) is 8.47. The van der Waals surface area contributed by atoms with Crippen molar-refractivity contribution in [1.82, 2.24) is 10.6 Å². The first-order valence-electron chi connectivity index (χ1n) is 7.59. The van der Waals surface area contributed by atoms with Gasteiger partial charge in [-0.25, -0.2) is 4.79 Å². The van der Waals surface area contributed by atoms with Crippen molar-refractivity contribution >= 4 is 23.3 Å². The van der Waals surface area contributed by atoms with Gasteiger partial charge in [0.1, 0.15) is 0 Å². The molecule has 122 valence electrons. The topological polar surface area (TPSA) is 93.5 Å². The predicted molar refractivity (Wildman–Crippen MR) is 85.6 cm³/mol. The molecule has 0 aromatic carbocycles. The fourth-order valence-electron chi connectivity index (χ4n) is 2.08. The molecule has 1 fully saturated rings. The van der Waals surface area contributed by atoms with Crippen LogP contribution in [0.15, 0.2) is 17.5 Å². The quantitative estimate of drug-likeness (QED) is 0.572. The fraction of sp³-hybridized carbons (Fsp3) is 0.600. The van der Waals surface area contributed by atoms with Crippen molar-refractivity contribution < 1.29 is 14.3 Å². The molecule has 1 atom stereocenters. The van der Waals surface area contributed by atoms with E-state index in [1.165, 1.54) is 24.2 Å². The largest absolute Gasteiger partial charge is 0.381 e. The summed E-state index contributed by atoms with van der Waals surface area (Å²) in [5.41, 5.74) is 5.17. The Morgan fingerprint density at radius 1 is 1.45 bits per heavy atom.